The summed E-state index contributed by atoms with van der Waals surface area (Å²) in [5.74, 6) is -0.947. The van der Waals surface area contributed by atoms with Crippen molar-refractivity contribution in [2.75, 3.05) is 0 Å². The molecule has 4 heteroatoms. The maximum Gasteiger partial charge on any atom is 0.123 e. The summed E-state index contributed by atoms with van der Waals surface area (Å²) in [6, 6.07) is 32.0. The zero-order valence-corrected chi connectivity index (χ0v) is 23.4. The van der Waals surface area contributed by atoms with Gasteiger partial charge in [-0.15, -0.1) is 0 Å². The molecule has 0 heterocycles. The lowest BCUT2D eigenvalue weighted by Gasteiger charge is -2.22. The third-order valence-electron chi connectivity index (χ3n) is 8.72. The summed E-state index contributed by atoms with van der Waals surface area (Å²) in [6.45, 7) is 0. The van der Waals surface area contributed by atoms with Crippen molar-refractivity contribution in [1.29, 1.82) is 0 Å². The lowest BCUT2D eigenvalue weighted by molar-refractivity contribution is 0.402. The second-order valence-electron chi connectivity index (χ2n) is 11.3. The number of hydrogen-bond acceptors (Lipinski definition) is 0. The van der Waals surface area contributed by atoms with Gasteiger partial charge in [0.1, 0.15) is 23.6 Å². The molecule has 1 aliphatic carbocycles. The van der Waals surface area contributed by atoms with Crippen molar-refractivity contribution < 1.29 is 17.6 Å². The van der Waals surface area contributed by atoms with E-state index in [1.165, 1.54) is 36.4 Å². The summed E-state index contributed by atoms with van der Waals surface area (Å²) in [4.78, 5) is 0. The SMILES string of the molecule is Fc1ccc(-c2cc(C3=CCC(F)C=C3)c3ccc4c(-c5ccc(F)cc5)cc(-c5ccc(F)cc5)c5ccc2c3c45)cc1. The first kappa shape index (κ1) is 26.4. The second kappa shape index (κ2) is 10.2. The molecule has 7 aromatic carbocycles. The summed E-state index contributed by atoms with van der Waals surface area (Å²) in [6.07, 6.45) is 4.63. The minimum absolute atomic E-state index is 0.295. The Bertz CT molecular complexity index is 2190. The molecule has 0 fully saturated rings. The molecule has 7 aromatic rings. The van der Waals surface area contributed by atoms with Crippen LogP contribution in [-0.4, -0.2) is 6.17 Å². The molecular formula is C40H24F4. The van der Waals surface area contributed by atoms with Gasteiger partial charge in [0.25, 0.3) is 0 Å². The van der Waals surface area contributed by atoms with Crippen LogP contribution in [0, 0.1) is 17.5 Å². The molecule has 0 saturated heterocycles. The quantitative estimate of drug-likeness (QED) is 0.144. The Labute approximate surface area is 251 Å². The smallest absolute Gasteiger partial charge is 0.123 e. The minimum Gasteiger partial charge on any atom is -0.243 e. The normalized spacial score (nSPS) is 15.0. The van der Waals surface area contributed by atoms with Crippen LogP contribution in [0.1, 0.15) is 12.0 Å². The molecular weight excluding hydrogens is 556 g/mol. The minimum atomic E-state index is -1.02. The first-order valence-corrected chi connectivity index (χ1v) is 14.5. The van der Waals surface area contributed by atoms with E-state index in [9.17, 15) is 17.6 Å². The van der Waals surface area contributed by atoms with Gasteiger partial charge in [-0.3, -0.25) is 0 Å². The van der Waals surface area contributed by atoms with Gasteiger partial charge in [-0.2, -0.15) is 0 Å². The Kier molecular flexibility index (Phi) is 6.12. The zero-order chi connectivity index (χ0) is 29.9. The predicted molar refractivity (Wildman–Crippen MR) is 173 cm³/mol. The van der Waals surface area contributed by atoms with Crippen LogP contribution in [0.2, 0.25) is 0 Å². The largest absolute Gasteiger partial charge is 0.243 e. The van der Waals surface area contributed by atoms with Crippen LogP contribution in [0.15, 0.2) is 127 Å². The van der Waals surface area contributed by atoms with E-state index in [0.29, 0.717) is 6.42 Å². The molecule has 0 aliphatic heterocycles. The van der Waals surface area contributed by atoms with Crippen molar-refractivity contribution in [2.24, 2.45) is 0 Å². The molecule has 1 unspecified atom stereocenters. The van der Waals surface area contributed by atoms with Crippen LogP contribution in [0.3, 0.4) is 0 Å². The van der Waals surface area contributed by atoms with Gasteiger partial charge in [0.15, 0.2) is 0 Å². The molecule has 212 valence electrons. The predicted octanol–water partition coefficient (Wildman–Crippen LogP) is 11.7. The van der Waals surface area contributed by atoms with Crippen molar-refractivity contribution in [1.82, 2.24) is 0 Å². The average Bonchev–Trinajstić information content (AvgIpc) is 3.05. The first-order valence-electron chi connectivity index (χ1n) is 14.5. The number of benzene rings is 7. The second-order valence-corrected chi connectivity index (χ2v) is 11.3. The van der Waals surface area contributed by atoms with Gasteiger partial charge in [0.05, 0.1) is 0 Å². The van der Waals surface area contributed by atoms with Crippen LogP contribution in [0.5, 0.6) is 0 Å². The highest BCUT2D eigenvalue weighted by Gasteiger charge is 2.22. The maximum absolute atomic E-state index is 14.1. The summed E-state index contributed by atoms with van der Waals surface area (Å²) in [5, 5.41) is 6.05. The monoisotopic (exact) mass is 580 g/mol. The lowest BCUT2D eigenvalue weighted by Crippen LogP contribution is -2.00. The van der Waals surface area contributed by atoms with Gasteiger partial charge < -0.3 is 0 Å². The van der Waals surface area contributed by atoms with E-state index in [-0.39, 0.29) is 17.5 Å². The zero-order valence-electron chi connectivity index (χ0n) is 23.4. The molecule has 1 aliphatic rings. The molecule has 0 bridgehead atoms. The van der Waals surface area contributed by atoms with Crippen molar-refractivity contribution in [2.45, 2.75) is 12.6 Å². The Balaban J connectivity index is 1.54. The van der Waals surface area contributed by atoms with Crippen LogP contribution >= 0.6 is 0 Å². The lowest BCUT2D eigenvalue weighted by atomic mass is 9.81. The number of halogens is 4. The first-order chi connectivity index (χ1) is 21.4. The van der Waals surface area contributed by atoms with Gasteiger partial charge in [-0.05, 0) is 131 Å². The highest BCUT2D eigenvalue weighted by atomic mass is 19.1. The molecule has 0 saturated carbocycles. The van der Waals surface area contributed by atoms with E-state index >= 15 is 0 Å². The van der Waals surface area contributed by atoms with E-state index in [0.717, 1.165) is 76.8 Å². The number of allylic oxidation sites excluding steroid dienone is 4. The Morgan fingerprint density at radius 2 is 0.818 bits per heavy atom. The van der Waals surface area contributed by atoms with E-state index in [1.54, 1.807) is 42.5 Å². The molecule has 8 rings (SSSR count). The number of hydrogen-bond donors (Lipinski definition) is 0. The van der Waals surface area contributed by atoms with E-state index in [4.69, 9.17) is 0 Å². The average molecular weight is 581 g/mol. The fourth-order valence-corrected chi connectivity index (χ4v) is 6.63. The summed E-state index contributed by atoms with van der Waals surface area (Å²) in [7, 11) is 0. The fourth-order valence-electron chi connectivity index (χ4n) is 6.63. The number of alkyl halides is 1. The Morgan fingerprint density at radius 3 is 1.18 bits per heavy atom. The molecule has 1 atom stereocenters. The van der Waals surface area contributed by atoms with Gasteiger partial charge in [0.2, 0.25) is 0 Å². The van der Waals surface area contributed by atoms with Crippen molar-refractivity contribution in [3.05, 3.63) is 150 Å². The topological polar surface area (TPSA) is 0 Å². The van der Waals surface area contributed by atoms with Crippen molar-refractivity contribution in [3.63, 3.8) is 0 Å². The van der Waals surface area contributed by atoms with E-state index < -0.39 is 6.17 Å². The standard InChI is InChI=1S/C40H24F4/c41-27-9-1-23(2-10-27)35-21-36(24-3-11-28(42)12-4-24)32-19-20-34-38(26-7-15-30(44)16-8-26)22-37(25-5-13-29(43)14-6-25)33-18-17-31(35)39(32)40(33)34/h1-15,17-22,30H,16H2. The molecule has 0 nitrogen and oxygen atoms in total. The van der Waals surface area contributed by atoms with Crippen LogP contribution < -0.4 is 0 Å². The Hall–Kier alpha value is -5.22. The van der Waals surface area contributed by atoms with Crippen LogP contribution in [0.25, 0.3) is 71.3 Å². The molecule has 0 radical (unpaired) electrons. The van der Waals surface area contributed by atoms with Crippen LogP contribution in [-0.2, 0) is 0 Å². The molecule has 44 heavy (non-hydrogen) atoms. The highest BCUT2D eigenvalue weighted by molar-refractivity contribution is 6.31. The van der Waals surface area contributed by atoms with E-state index in [2.05, 4.69) is 36.4 Å². The molecule has 0 N–H and O–H groups in total. The van der Waals surface area contributed by atoms with Crippen molar-refractivity contribution >= 4 is 37.9 Å². The summed E-state index contributed by atoms with van der Waals surface area (Å²) < 4.78 is 56.2. The third-order valence-corrected chi connectivity index (χ3v) is 8.72. The summed E-state index contributed by atoms with van der Waals surface area (Å²) in [5.41, 5.74) is 7.27. The third kappa shape index (κ3) is 4.29. The Morgan fingerprint density at radius 1 is 0.455 bits per heavy atom. The van der Waals surface area contributed by atoms with Gasteiger partial charge >= 0.3 is 0 Å². The molecule has 0 aromatic heterocycles. The molecule has 0 spiro atoms. The fraction of sp³-hybridized carbons (Fsp3) is 0.0500. The van der Waals surface area contributed by atoms with Crippen molar-refractivity contribution in [3.8, 4) is 33.4 Å². The van der Waals surface area contributed by atoms with Crippen LogP contribution in [0.4, 0.5) is 17.6 Å². The molecule has 0 amide bonds. The highest BCUT2D eigenvalue weighted by Crippen LogP contribution is 2.48. The maximum atomic E-state index is 14.1. The van der Waals surface area contributed by atoms with Gasteiger partial charge in [0, 0.05) is 6.42 Å². The van der Waals surface area contributed by atoms with Gasteiger partial charge in [-0.25, -0.2) is 17.6 Å². The van der Waals surface area contributed by atoms with E-state index in [1.807, 2.05) is 12.2 Å². The van der Waals surface area contributed by atoms with Gasteiger partial charge in [-0.1, -0.05) is 72.8 Å². The number of rotatable bonds is 4. The summed E-state index contributed by atoms with van der Waals surface area (Å²) >= 11 is 0.